The van der Waals surface area contributed by atoms with Crippen LogP contribution in [-0.4, -0.2) is 61.0 Å². The van der Waals surface area contributed by atoms with Crippen LogP contribution >= 0.6 is 0 Å². The highest BCUT2D eigenvalue weighted by Gasteiger charge is 2.31. The number of amides is 2. The highest BCUT2D eigenvalue weighted by molar-refractivity contribution is 5.94. The van der Waals surface area contributed by atoms with Gasteiger partial charge in [-0.25, -0.2) is 0 Å². The Labute approximate surface area is 138 Å². The van der Waals surface area contributed by atoms with Gasteiger partial charge in [0.1, 0.15) is 6.61 Å². The summed E-state index contributed by atoms with van der Waals surface area (Å²) in [5, 5.41) is 0. The highest BCUT2D eigenvalue weighted by atomic mass is 19.4. The molecule has 0 atom stereocenters. The van der Waals surface area contributed by atoms with Crippen LogP contribution in [-0.2, 0) is 15.7 Å². The van der Waals surface area contributed by atoms with Crippen molar-refractivity contribution >= 4 is 11.8 Å². The standard InChI is InChI=1S/C16H19F3N2O3/c1-2-24-11-14(22)20-7-9-21(10-8-20)15(23)12-3-5-13(6-4-12)16(17,18)19/h3-6H,2,7-11H2,1H3. The van der Waals surface area contributed by atoms with Crippen LogP contribution in [0.3, 0.4) is 0 Å². The SMILES string of the molecule is CCOCC(=O)N1CCN(C(=O)c2ccc(C(F)(F)F)cc2)CC1. The summed E-state index contributed by atoms with van der Waals surface area (Å²) in [5.41, 5.74) is -0.581. The fourth-order valence-electron chi connectivity index (χ4n) is 2.42. The molecule has 0 N–H and O–H groups in total. The number of halogens is 3. The molecule has 0 unspecified atom stereocenters. The van der Waals surface area contributed by atoms with Gasteiger partial charge in [0.15, 0.2) is 0 Å². The summed E-state index contributed by atoms with van der Waals surface area (Å²) in [7, 11) is 0. The number of ether oxygens (including phenoxy) is 1. The Morgan fingerprint density at radius 2 is 1.58 bits per heavy atom. The van der Waals surface area contributed by atoms with Gasteiger partial charge in [0.05, 0.1) is 5.56 Å². The molecule has 24 heavy (non-hydrogen) atoms. The van der Waals surface area contributed by atoms with Gasteiger partial charge >= 0.3 is 6.18 Å². The van der Waals surface area contributed by atoms with Crippen molar-refractivity contribution in [2.45, 2.75) is 13.1 Å². The van der Waals surface area contributed by atoms with Gasteiger partial charge in [0, 0.05) is 38.3 Å². The van der Waals surface area contributed by atoms with Crippen molar-refractivity contribution in [3.05, 3.63) is 35.4 Å². The minimum absolute atomic E-state index is 0.0172. The first-order valence-electron chi connectivity index (χ1n) is 7.65. The Kier molecular flexibility index (Phi) is 5.82. The van der Waals surface area contributed by atoms with Gasteiger partial charge in [-0.2, -0.15) is 13.2 Å². The van der Waals surface area contributed by atoms with Crippen molar-refractivity contribution in [2.75, 3.05) is 39.4 Å². The zero-order valence-corrected chi connectivity index (χ0v) is 13.3. The van der Waals surface area contributed by atoms with Gasteiger partial charge in [-0.1, -0.05) is 0 Å². The van der Waals surface area contributed by atoms with E-state index in [9.17, 15) is 22.8 Å². The van der Waals surface area contributed by atoms with E-state index in [-0.39, 0.29) is 24.0 Å². The fraction of sp³-hybridized carbons (Fsp3) is 0.500. The maximum atomic E-state index is 12.5. The third kappa shape index (κ3) is 4.47. The summed E-state index contributed by atoms with van der Waals surface area (Å²) in [6.07, 6.45) is -4.42. The molecule has 1 saturated heterocycles. The largest absolute Gasteiger partial charge is 0.416 e. The monoisotopic (exact) mass is 344 g/mol. The molecule has 1 aliphatic heterocycles. The molecule has 0 bridgehead atoms. The molecule has 1 aromatic rings. The van der Waals surface area contributed by atoms with E-state index in [0.717, 1.165) is 12.1 Å². The molecule has 8 heteroatoms. The first-order valence-corrected chi connectivity index (χ1v) is 7.65. The van der Waals surface area contributed by atoms with Crippen molar-refractivity contribution < 1.29 is 27.5 Å². The van der Waals surface area contributed by atoms with Crippen molar-refractivity contribution in [1.29, 1.82) is 0 Å². The molecule has 0 spiro atoms. The second-order valence-electron chi connectivity index (χ2n) is 5.39. The molecule has 0 radical (unpaired) electrons. The van der Waals surface area contributed by atoms with E-state index in [1.807, 2.05) is 0 Å². The zero-order chi connectivity index (χ0) is 17.7. The Morgan fingerprint density at radius 3 is 2.08 bits per heavy atom. The van der Waals surface area contributed by atoms with Crippen molar-refractivity contribution in [3.63, 3.8) is 0 Å². The molecular weight excluding hydrogens is 325 g/mol. The first kappa shape index (κ1) is 18.3. The summed E-state index contributed by atoms with van der Waals surface area (Å²) in [5.74, 6) is -0.459. The third-order valence-electron chi connectivity index (χ3n) is 3.81. The Morgan fingerprint density at radius 1 is 1.04 bits per heavy atom. The van der Waals surface area contributed by atoms with Crippen LogP contribution in [0, 0.1) is 0 Å². The molecule has 0 aromatic heterocycles. The Balaban J connectivity index is 1.92. The maximum absolute atomic E-state index is 12.5. The molecule has 1 fully saturated rings. The van der Waals surface area contributed by atoms with E-state index < -0.39 is 11.7 Å². The van der Waals surface area contributed by atoms with Gasteiger partial charge in [0.25, 0.3) is 5.91 Å². The van der Waals surface area contributed by atoms with Crippen LogP contribution in [0.1, 0.15) is 22.8 Å². The van der Waals surface area contributed by atoms with Crippen LogP contribution in [0.25, 0.3) is 0 Å². The lowest BCUT2D eigenvalue weighted by Crippen LogP contribution is -2.51. The number of carbonyl (C=O) groups is 2. The van der Waals surface area contributed by atoms with Crippen molar-refractivity contribution in [3.8, 4) is 0 Å². The first-order chi connectivity index (χ1) is 11.3. The molecule has 0 aliphatic carbocycles. The zero-order valence-electron chi connectivity index (χ0n) is 13.3. The Hall–Kier alpha value is -2.09. The quantitative estimate of drug-likeness (QED) is 0.840. The average Bonchev–Trinajstić information content (AvgIpc) is 2.58. The van der Waals surface area contributed by atoms with Crippen LogP contribution in [0.4, 0.5) is 13.2 Å². The lowest BCUT2D eigenvalue weighted by atomic mass is 10.1. The topological polar surface area (TPSA) is 49.9 Å². The smallest absolute Gasteiger partial charge is 0.372 e. The van der Waals surface area contributed by atoms with Crippen LogP contribution in [0.2, 0.25) is 0 Å². The lowest BCUT2D eigenvalue weighted by molar-refractivity contribution is -0.138. The highest BCUT2D eigenvalue weighted by Crippen LogP contribution is 2.29. The minimum Gasteiger partial charge on any atom is -0.372 e. The van der Waals surface area contributed by atoms with E-state index in [0.29, 0.717) is 32.8 Å². The predicted octanol–water partition coefficient (Wildman–Crippen LogP) is 2.03. The molecule has 132 valence electrons. The van der Waals surface area contributed by atoms with E-state index >= 15 is 0 Å². The van der Waals surface area contributed by atoms with Gasteiger partial charge in [-0.05, 0) is 31.2 Å². The predicted molar refractivity (Wildman–Crippen MR) is 80.4 cm³/mol. The minimum atomic E-state index is -4.42. The van der Waals surface area contributed by atoms with Gasteiger partial charge in [-0.15, -0.1) is 0 Å². The number of hydrogen-bond donors (Lipinski definition) is 0. The summed E-state index contributed by atoms with van der Waals surface area (Å²) < 4.78 is 42.7. The number of benzene rings is 1. The normalized spacial score (nSPS) is 15.5. The number of hydrogen-bond acceptors (Lipinski definition) is 3. The number of alkyl halides is 3. The third-order valence-corrected chi connectivity index (χ3v) is 3.81. The summed E-state index contributed by atoms with van der Waals surface area (Å²) in [4.78, 5) is 27.3. The molecule has 0 saturated carbocycles. The number of nitrogens with zero attached hydrogens (tertiary/aromatic N) is 2. The Bertz CT molecular complexity index is 579. The molecule has 1 aromatic carbocycles. The van der Waals surface area contributed by atoms with E-state index in [1.165, 1.54) is 17.0 Å². The summed E-state index contributed by atoms with van der Waals surface area (Å²) in [6.45, 7) is 3.74. The van der Waals surface area contributed by atoms with E-state index in [4.69, 9.17) is 4.74 Å². The molecule has 1 aliphatic rings. The summed E-state index contributed by atoms with van der Waals surface area (Å²) >= 11 is 0. The molecule has 2 amide bonds. The van der Waals surface area contributed by atoms with Crippen molar-refractivity contribution in [2.24, 2.45) is 0 Å². The second kappa shape index (κ2) is 7.65. The number of piperazine rings is 1. The fourth-order valence-corrected chi connectivity index (χ4v) is 2.42. The molecule has 2 rings (SSSR count). The van der Waals surface area contributed by atoms with Gasteiger partial charge < -0.3 is 14.5 Å². The van der Waals surface area contributed by atoms with Gasteiger partial charge in [-0.3, -0.25) is 9.59 Å². The average molecular weight is 344 g/mol. The second-order valence-corrected chi connectivity index (χ2v) is 5.39. The summed E-state index contributed by atoms with van der Waals surface area (Å²) in [6, 6.07) is 4.15. The number of rotatable bonds is 4. The lowest BCUT2D eigenvalue weighted by Gasteiger charge is -2.34. The van der Waals surface area contributed by atoms with Crippen LogP contribution in [0.5, 0.6) is 0 Å². The van der Waals surface area contributed by atoms with Crippen LogP contribution < -0.4 is 0 Å². The van der Waals surface area contributed by atoms with Gasteiger partial charge in [0.2, 0.25) is 5.91 Å². The van der Waals surface area contributed by atoms with E-state index in [1.54, 1.807) is 11.8 Å². The molecule has 1 heterocycles. The van der Waals surface area contributed by atoms with Crippen LogP contribution in [0.15, 0.2) is 24.3 Å². The van der Waals surface area contributed by atoms with E-state index in [2.05, 4.69) is 0 Å². The number of carbonyl (C=O) groups excluding carboxylic acids is 2. The van der Waals surface area contributed by atoms with Crippen molar-refractivity contribution in [1.82, 2.24) is 9.80 Å². The maximum Gasteiger partial charge on any atom is 0.416 e. The molecule has 5 nitrogen and oxygen atoms in total. The molecular formula is C16H19F3N2O3.